The second kappa shape index (κ2) is 7.34. The Hall–Kier alpha value is -1.88. The van der Waals surface area contributed by atoms with Gasteiger partial charge in [-0.25, -0.2) is 0 Å². The molecule has 1 fully saturated rings. The topological polar surface area (TPSA) is 75.6 Å². The third kappa shape index (κ3) is 3.61. The predicted octanol–water partition coefficient (Wildman–Crippen LogP) is 2.84. The normalized spacial score (nSPS) is 22.4. The lowest BCUT2D eigenvalue weighted by molar-refractivity contribution is -0.151. The molecular formula is C19H25NO4. The SMILES string of the molecule is O=C(CC1OCCc2ccccc21)NCC1(C(=O)O)CCCCC1. The van der Waals surface area contributed by atoms with E-state index in [4.69, 9.17) is 4.74 Å². The van der Waals surface area contributed by atoms with Crippen LogP contribution in [0.5, 0.6) is 0 Å². The fourth-order valence-corrected chi connectivity index (χ4v) is 3.85. The largest absolute Gasteiger partial charge is 0.481 e. The van der Waals surface area contributed by atoms with Gasteiger partial charge in [-0.15, -0.1) is 0 Å². The van der Waals surface area contributed by atoms with Gasteiger partial charge in [0.05, 0.1) is 24.5 Å². The van der Waals surface area contributed by atoms with E-state index in [0.29, 0.717) is 19.4 Å². The minimum atomic E-state index is -0.792. The molecule has 5 heteroatoms. The predicted molar refractivity (Wildman–Crippen MR) is 89.6 cm³/mol. The van der Waals surface area contributed by atoms with Gasteiger partial charge in [-0.1, -0.05) is 43.5 Å². The van der Waals surface area contributed by atoms with Crippen LogP contribution in [0.25, 0.3) is 0 Å². The number of carboxylic acid groups (broad SMARTS) is 1. The first-order valence-corrected chi connectivity index (χ1v) is 8.80. The first-order chi connectivity index (χ1) is 11.6. The molecule has 130 valence electrons. The summed E-state index contributed by atoms with van der Waals surface area (Å²) in [6, 6.07) is 8.04. The highest BCUT2D eigenvalue weighted by Gasteiger charge is 2.40. The van der Waals surface area contributed by atoms with E-state index in [1.54, 1.807) is 0 Å². The van der Waals surface area contributed by atoms with Gasteiger partial charge in [0.2, 0.25) is 5.91 Å². The van der Waals surface area contributed by atoms with Crippen LogP contribution in [0, 0.1) is 5.41 Å². The highest BCUT2D eigenvalue weighted by Crippen LogP contribution is 2.36. The number of nitrogens with one attached hydrogen (secondary N) is 1. The summed E-state index contributed by atoms with van der Waals surface area (Å²) < 4.78 is 5.76. The monoisotopic (exact) mass is 331 g/mol. The number of ether oxygens (including phenoxy) is 1. The van der Waals surface area contributed by atoms with Crippen molar-refractivity contribution < 1.29 is 19.4 Å². The number of rotatable bonds is 5. The summed E-state index contributed by atoms with van der Waals surface area (Å²) in [7, 11) is 0. The molecule has 1 heterocycles. The number of hydrogen-bond acceptors (Lipinski definition) is 3. The molecule has 1 aromatic rings. The lowest BCUT2D eigenvalue weighted by Crippen LogP contribution is -2.44. The van der Waals surface area contributed by atoms with Crippen LogP contribution in [0.4, 0.5) is 0 Å². The van der Waals surface area contributed by atoms with Gasteiger partial charge in [0, 0.05) is 6.54 Å². The first-order valence-electron chi connectivity index (χ1n) is 8.80. The van der Waals surface area contributed by atoms with Crippen LogP contribution < -0.4 is 5.32 Å². The van der Waals surface area contributed by atoms with E-state index in [-0.39, 0.29) is 25.0 Å². The number of carbonyl (C=O) groups is 2. The molecule has 2 aliphatic rings. The summed E-state index contributed by atoms with van der Waals surface area (Å²) in [5, 5.41) is 12.4. The third-order valence-corrected chi connectivity index (χ3v) is 5.35. The minimum absolute atomic E-state index is 0.136. The lowest BCUT2D eigenvalue weighted by atomic mass is 9.74. The van der Waals surface area contributed by atoms with Gasteiger partial charge in [-0.2, -0.15) is 0 Å². The molecule has 1 aliphatic carbocycles. The number of carboxylic acids is 1. The summed E-state index contributed by atoms with van der Waals surface area (Å²) in [6.45, 7) is 0.837. The molecule has 1 aliphatic heterocycles. The van der Waals surface area contributed by atoms with Crippen molar-refractivity contribution in [3.05, 3.63) is 35.4 Å². The molecule has 0 spiro atoms. The molecule has 0 saturated heterocycles. The number of benzene rings is 1. The van der Waals surface area contributed by atoms with Crippen molar-refractivity contribution >= 4 is 11.9 Å². The first kappa shape index (κ1) is 17.0. The Labute approximate surface area is 142 Å². The Morgan fingerprint density at radius 1 is 1.21 bits per heavy atom. The van der Waals surface area contributed by atoms with Gasteiger partial charge in [-0.3, -0.25) is 9.59 Å². The van der Waals surface area contributed by atoms with Crippen LogP contribution in [0.2, 0.25) is 0 Å². The zero-order valence-electron chi connectivity index (χ0n) is 13.9. The molecule has 1 unspecified atom stereocenters. The maximum atomic E-state index is 12.3. The van der Waals surface area contributed by atoms with Gasteiger partial charge in [-0.05, 0) is 30.4 Å². The molecule has 1 amide bonds. The summed E-state index contributed by atoms with van der Waals surface area (Å²) in [5.74, 6) is -0.926. The van der Waals surface area contributed by atoms with E-state index in [1.807, 2.05) is 18.2 Å². The summed E-state index contributed by atoms with van der Waals surface area (Å²) in [6.07, 6.45) is 5.08. The second-order valence-corrected chi connectivity index (χ2v) is 6.94. The summed E-state index contributed by atoms with van der Waals surface area (Å²) >= 11 is 0. The van der Waals surface area contributed by atoms with Crippen molar-refractivity contribution in [2.45, 2.75) is 51.0 Å². The van der Waals surface area contributed by atoms with Crippen molar-refractivity contribution in [2.75, 3.05) is 13.2 Å². The van der Waals surface area contributed by atoms with Crippen LogP contribution in [0.3, 0.4) is 0 Å². The maximum Gasteiger partial charge on any atom is 0.311 e. The van der Waals surface area contributed by atoms with Crippen molar-refractivity contribution in [3.8, 4) is 0 Å². The van der Waals surface area contributed by atoms with Crippen LogP contribution in [0.15, 0.2) is 24.3 Å². The molecule has 0 bridgehead atoms. The van der Waals surface area contributed by atoms with Gasteiger partial charge >= 0.3 is 5.97 Å². The molecule has 24 heavy (non-hydrogen) atoms. The Morgan fingerprint density at radius 2 is 1.96 bits per heavy atom. The van der Waals surface area contributed by atoms with Gasteiger partial charge in [0.1, 0.15) is 0 Å². The number of amides is 1. The van der Waals surface area contributed by atoms with Crippen molar-refractivity contribution in [2.24, 2.45) is 5.41 Å². The van der Waals surface area contributed by atoms with Crippen LogP contribution >= 0.6 is 0 Å². The molecule has 3 rings (SSSR count). The van der Waals surface area contributed by atoms with Crippen LogP contribution in [0.1, 0.15) is 55.8 Å². The molecule has 5 nitrogen and oxygen atoms in total. The zero-order valence-corrected chi connectivity index (χ0v) is 13.9. The van der Waals surface area contributed by atoms with E-state index in [1.165, 1.54) is 5.56 Å². The third-order valence-electron chi connectivity index (χ3n) is 5.35. The van der Waals surface area contributed by atoms with E-state index >= 15 is 0 Å². The standard InChI is InChI=1S/C19H25NO4/c21-17(20-13-19(18(22)23)9-4-1-5-10-19)12-16-15-7-3-2-6-14(15)8-11-24-16/h2-3,6-7,16H,1,4-5,8-13H2,(H,20,21)(H,22,23). The Kier molecular flexibility index (Phi) is 5.19. The minimum Gasteiger partial charge on any atom is -0.481 e. The number of aliphatic carboxylic acids is 1. The fraction of sp³-hybridized carbons (Fsp3) is 0.579. The zero-order chi connectivity index (χ0) is 17.0. The second-order valence-electron chi connectivity index (χ2n) is 6.94. The number of carbonyl (C=O) groups excluding carboxylic acids is 1. The van der Waals surface area contributed by atoms with Gasteiger partial charge in [0.15, 0.2) is 0 Å². The molecule has 0 aromatic heterocycles. The Balaban J connectivity index is 1.59. The van der Waals surface area contributed by atoms with Crippen LogP contribution in [-0.2, 0) is 20.7 Å². The van der Waals surface area contributed by atoms with Crippen molar-refractivity contribution in [3.63, 3.8) is 0 Å². The molecule has 2 N–H and O–H groups in total. The maximum absolute atomic E-state index is 12.3. The number of fused-ring (bicyclic) bond motifs is 1. The summed E-state index contributed by atoms with van der Waals surface area (Å²) in [5.41, 5.74) is 1.51. The van der Waals surface area contributed by atoms with E-state index in [0.717, 1.165) is 31.2 Å². The van der Waals surface area contributed by atoms with Crippen molar-refractivity contribution in [1.29, 1.82) is 0 Å². The van der Waals surface area contributed by atoms with E-state index in [9.17, 15) is 14.7 Å². The Morgan fingerprint density at radius 3 is 2.71 bits per heavy atom. The molecule has 1 atom stereocenters. The van der Waals surface area contributed by atoms with E-state index in [2.05, 4.69) is 11.4 Å². The van der Waals surface area contributed by atoms with Gasteiger partial charge < -0.3 is 15.2 Å². The Bertz CT molecular complexity index is 607. The molecule has 0 radical (unpaired) electrons. The highest BCUT2D eigenvalue weighted by molar-refractivity contribution is 5.79. The van der Waals surface area contributed by atoms with Gasteiger partial charge in [0.25, 0.3) is 0 Å². The lowest BCUT2D eigenvalue weighted by Gasteiger charge is -2.33. The molecular weight excluding hydrogens is 306 g/mol. The smallest absolute Gasteiger partial charge is 0.311 e. The van der Waals surface area contributed by atoms with Crippen LogP contribution in [-0.4, -0.2) is 30.1 Å². The number of hydrogen-bond donors (Lipinski definition) is 2. The quantitative estimate of drug-likeness (QED) is 0.870. The molecule has 1 saturated carbocycles. The molecule has 1 aromatic carbocycles. The van der Waals surface area contributed by atoms with Crippen molar-refractivity contribution in [1.82, 2.24) is 5.32 Å². The summed E-state index contributed by atoms with van der Waals surface area (Å²) in [4.78, 5) is 24.0. The van der Waals surface area contributed by atoms with E-state index < -0.39 is 11.4 Å². The average Bonchev–Trinajstić information content (AvgIpc) is 2.61. The average molecular weight is 331 g/mol. The highest BCUT2D eigenvalue weighted by atomic mass is 16.5. The fourth-order valence-electron chi connectivity index (χ4n) is 3.85.